The predicted molar refractivity (Wildman–Crippen MR) is 86.4 cm³/mol. The van der Waals surface area contributed by atoms with E-state index in [4.69, 9.17) is 16.1 Å². The van der Waals surface area contributed by atoms with Crippen LogP contribution in [0, 0.1) is 5.82 Å². The highest BCUT2D eigenvalue weighted by Gasteiger charge is 2.31. The molecule has 0 amide bonds. The molecule has 1 unspecified atom stereocenters. The van der Waals surface area contributed by atoms with Crippen LogP contribution in [0.5, 0.6) is 0 Å². The Morgan fingerprint density at radius 3 is 2.88 bits per heavy atom. The number of fused-ring (bicyclic) bond motifs is 1. The maximum atomic E-state index is 13.4. The molecule has 0 spiro atoms. The molecule has 118 valence electrons. The van der Waals surface area contributed by atoms with E-state index in [1.54, 1.807) is 24.3 Å². The second kappa shape index (κ2) is 5.65. The molecule has 4 rings (SSSR count). The molecule has 0 N–H and O–H groups in total. The average Bonchev–Trinajstić information content (AvgIpc) is 3.05. The van der Waals surface area contributed by atoms with Crippen LogP contribution in [0.3, 0.4) is 0 Å². The van der Waals surface area contributed by atoms with E-state index in [0.29, 0.717) is 22.1 Å². The fraction of sp³-hybridized carbons (Fsp3) is 0.0588. The van der Waals surface area contributed by atoms with E-state index in [0.717, 1.165) is 6.07 Å². The maximum absolute atomic E-state index is 13.4. The summed E-state index contributed by atoms with van der Waals surface area (Å²) in [5, 5.41) is 4.42. The van der Waals surface area contributed by atoms with Crippen LogP contribution in [0.15, 0.2) is 52.0 Å². The Kier molecular flexibility index (Phi) is 3.46. The third-order valence-corrected chi connectivity index (χ3v) is 3.89. The molecule has 0 bridgehead atoms. The summed E-state index contributed by atoms with van der Waals surface area (Å²) in [6.45, 7) is 0. The highest BCUT2D eigenvalue weighted by atomic mass is 35.5. The number of benzene rings is 2. The largest absolute Gasteiger partial charge is 0.338 e. The topological polar surface area (TPSA) is 68.3 Å². The van der Waals surface area contributed by atoms with Crippen molar-refractivity contribution in [2.24, 2.45) is 4.99 Å². The molecule has 1 aromatic heterocycles. The van der Waals surface area contributed by atoms with Crippen LogP contribution in [0.4, 0.5) is 10.1 Å². The molecule has 0 aliphatic carbocycles. The van der Waals surface area contributed by atoms with E-state index >= 15 is 0 Å². The summed E-state index contributed by atoms with van der Waals surface area (Å²) >= 11 is 5.95. The van der Waals surface area contributed by atoms with Crippen molar-refractivity contribution >= 4 is 29.3 Å². The normalized spacial score (nSPS) is 16.2. The number of nitrogens with zero attached hydrogens (tertiary/aromatic N) is 3. The number of ketones is 1. The van der Waals surface area contributed by atoms with Gasteiger partial charge in [-0.1, -0.05) is 28.9 Å². The van der Waals surface area contributed by atoms with Gasteiger partial charge in [-0.15, -0.1) is 0 Å². The summed E-state index contributed by atoms with van der Waals surface area (Å²) in [4.78, 5) is 21.0. The van der Waals surface area contributed by atoms with Gasteiger partial charge < -0.3 is 4.52 Å². The van der Waals surface area contributed by atoms with E-state index in [9.17, 15) is 9.18 Å². The Morgan fingerprint density at radius 2 is 2.04 bits per heavy atom. The highest BCUT2D eigenvalue weighted by molar-refractivity contribution is 6.30. The molecule has 5 nitrogen and oxygen atoms in total. The summed E-state index contributed by atoms with van der Waals surface area (Å²) in [5.74, 6) is -1.24. The SMILES string of the molecule is O=C1c2cc(F)ccc2N=CC1c1nc(-c2cccc(Cl)c2)no1. The molecule has 0 saturated carbocycles. The molecular weight excluding hydrogens is 333 g/mol. The van der Waals surface area contributed by atoms with Crippen LogP contribution in [-0.2, 0) is 0 Å². The van der Waals surface area contributed by atoms with Gasteiger partial charge in [0, 0.05) is 22.4 Å². The summed E-state index contributed by atoms with van der Waals surface area (Å²) < 4.78 is 18.6. The Bertz CT molecular complexity index is 983. The molecule has 0 saturated heterocycles. The molecule has 2 heterocycles. The molecule has 2 aromatic carbocycles. The smallest absolute Gasteiger partial charge is 0.243 e. The van der Waals surface area contributed by atoms with Crippen LogP contribution in [0.2, 0.25) is 5.02 Å². The minimum absolute atomic E-state index is 0.105. The van der Waals surface area contributed by atoms with Crippen molar-refractivity contribution in [2.45, 2.75) is 5.92 Å². The number of Topliss-reactive ketones (excluding diaryl/α,β-unsaturated/α-hetero) is 1. The standard InChI is InChI=1S/C17H9ClFN3O2/c18-10-3-1-2-9(6-10)16-21-17(24-22-16)13-8-20-14-5-4-11(19)7-12(14)15(13)23/h1-8,13H. The van der Waals surface area contributed by atoms with Crippen LogP contribution in [0.1, 0.15) is 22.2 Å². The Labute approximate surface area is 140 Å². The number of hydrogen-bond donors (Lipinski definition) is 0. The first-order valence-corrected chi connectivity index (χ1v) is 7.47. The minimum atomic E-state index is -0.834. The van der Waals surface area contributed by atoms with Gasteiger partial charge in [0.15, 0.2) is 5.78 Å². The number of aliphatic imine (C=N–C) groups is 1. The first-order chi connectivity index (χ1) is 11.6. The summed E-state index contributed by atoms with van der Waals surface area (Å²) in [6.07, 6.45) is 1.43. The summed E-state index contributed by atoms with van der Waals surface area (Å²) in [5.41, 5.74) is 1.29. The second-order valence-corrected chi connectivity index (χ2v) is 5.68. The number of carbonyl (C=O) groups is 1. The van der Waals surface area contributed by atoms with E-state index in [-0.39, 0.29) is 17.2 Å². The van der Waals surface area contributed by atoms with Crippen LogP contribution >= 0.6 is 11.6 Å². The Hall–Kier alpha value is -2.86. The molecule has 1 aliphatic heterocycles. The Balaban J connectivity index is 1.70. The zero-order valence-electron chi connectivity index (χ0n) is 12.1. The first kappa shape index (κ1) is 14.7. The van der Waals surface area contributed by atoms with E-state index in [2.05, 4.69) is 15.1 Å². The van der Waals surface area contributed by atoms with Crippen LogP contribution in [-0.4, -0.2) is 22.1 Å². The number of halogens is 2. The van der Waals surface area contributed by atoms with Crippen molar-refractivity contribution in [3.63, 3.8) is 0 Å². The quantitative estimate of drug-likeness (QED) is 0.700. The zero-order valence-corrected chi connectivity index (χ0v) is 12.9. The summed E-state index contributed by atoms with van der Waals surface area (Å²) in [7, 11) is 0. The van der Waals surface area contributed by atoms with Gasteiger partial charge >= 0.3 is 0 Å². The third kappa shape index (κ3) is 2.51. The second-order valence-electron chi connectivity index (χ2n) is 5.25. The van der Waals surface area contributed by atoms with Crippen molar-refractivity contribution in [3.8, 4) is 11.4 Å². The molecule has 1 atom stereocenters. The van der Waals surface area contributed by atoms with E-state index in [1.807, 2.05) is 0 Å². The Morgan fingerprint density at radius 1 is 1.17 bits per heavy atom. The van der Waals surface area contributed by atoms with Crippen LogP contribution in [0.25, 0.3) is 11.4 Å². The first-order valence-electron chi connectivity index (χ1n) is 7.09. The predicted octanol–water partition coefficient (Wildman–Crippen LogP) is 4.21. The van der Waals surface area contributed by atoms with Gasteiger partial charge in [-0.25, -0.2) is 4.39 Å². The van der Waals surface area contributed by atoms with E-state index in [1.165, 1.54) is 18.3 Å². The van der Waals surface area contributed by atoms with Gasteiger partial charge in [0.1, 0.15) is 11.7 Å². The molecule has 24 heavy (non-hydrogen) atoms. The maximum Gasteiger partial charge on any atom is 0.243 e. The lowest BCUT2D eigenvalue weighted by atomic mass is 9.94. The van der Waals surface area contributed by atoms with Gasteiger partial charge in [0.25, 0.3) is 0 Å². The highest BCUT2D eigenvalue weighted by Crippen LogP contribution is 2.31. The van der Waals surface area contributed by atoms with E-state index < -0.39 is 11.7 Å². The van der Waals surface area contributed by atoms with Gasteiger partial charge in [-0.3, -0.25) is 9.79 Å². The van der Waals surface area contributed by atoms with Crippen molar-refractivity contribution in [3.05, 3.63) is 64.8 Å². The molecular formula is C17H9ClFN3O2. The minimum Gasteiger partial charge on any atom is -0.338 e. The average molecular weight is 342 g/mol. The lowest BCUT2D eigenvalue weighted by Gasteiger charge is -2.14. The summed E-state index contributed by atoms with van der Waals surface area (Å²) in [6, 6.07) is 10.8. The molecule has 0 fully saturated rings. The number of aromatic nitrogens is 2. The molecule has 0 radical (unpaired) electrons. The lowest BCUT2D eigenvalue weighted by molar-refractivity contribution is 0.0971. The van der Waals surface area contributed by atoms with Gasteiger partial charge in [-0.05, 0) is 30.3 Å². The molecule has 3 aromatic rings. The third-order valence-electron chi connectivity index (χ3n) is 3.66. The molecule has 7 heteroatoms. The van der Waals surface area contributed by atoms with Gasteiger partial charge in [-0.2, -0.15) is 4.98 Å². The zero-order chi connectivity index (χ0) is 16.7. The number of carbonyl (C=O) groups excluding carboxylic acids is 1. The fourth-order valence-corrected chi connectivity index (χ4v) is 2.68. The molecule has 1 aliphatic rings. The van der Waals surface area contributed by atoms with Crippen molar-refractivity contribution in [1.29, 1.82) is 0 Å². The fourth-order valence-electron chi connectivity index (χ4n) is 2.49. The number of rotatable bonds is 2. The van der Waals surface area contributed by atoms with Crippen LogP contribution < -0.4 is 0 Å². The van der Waals surface area contributed by atoms with Crippen molar-refractivity contribution < 1.29 is 13.7 Å². The van der Waals surface area contributed by atoms with Crippen molar-refractivity contribution in [2.75, 3.05) is 0 Å². The van der Waals surface area contributed by atoms with Crippen molar-refractivity contribution in [1.82, 2.24) is 10.1 Å². The van der Waals surface area contributed by atoms with Gasteiger partial charge in [0.05, 0.1) is 5.69 Å². The number of hydrogen-bond acceptors (Lipinski definition) is 5. The van der Waals surface area contributed by atoms with Gasteiger partial charge in [0.2, 0.25) is 11.7 Å². The monoisotopic (exact) mass is 341 g/mol. The lowest BCUT2D eigenvalue weighted by Crippen LogP contribution is -2.18.